The van der Waals surface area contributed by atoms with E-state index in [9.17, 15) is 5.21 Å². The molecule has 0 aliphatic heterocycles. The number of hydrogen-bond acceptors (Lipinski definition) is 3. The van der Waals surface area contributed by atoms with Crippen LogP contribution in [0.25, 0.3) is 10.9 Å². The van der Waals surface area contributed by atoms with Crippen molar-refractivity contribution in [3.05, 3.63) is 35.7 Å². The van der Waals surface area contributed by atoms with E-state index in [0.717, 1.165) is 15.8 Å². The van der Waals surface area contributed by atoms with Crippen LogP contribution in [0.15, 0.2) is 24.8 Å². The van der Waals surface area contributed by atoms with Crippen LogP contribution in [0, 0.1) is 12.1 Å². The van der Waals surface area contributed by atoms with Crippen molar-refractivity contribution in [3.8, 4) is 0 Å². The molecule has 0 fully saturated rings. The highest BCUT2D eigenvalue weighted by molar-refractivity contribution is 5.78. The molecule has 2 aromatic rings. The first-order chi connectivity index (χ1) is 5.77. The van der Waals surface area contributed by atoms with Crippen molar-refractivity contribution < 1.29 is 4.73 Å². The number of nitrogens with zero attached hydrogens (tertiary/aromatic N) is 3. The fraction of sp³-hybridized carbons (Fsp3) is 0.125. The van der Waals surface area contributed by atoms with Crippen molar-refractivity contribution >= 4 is 10.9 Å². The Balaban J connectivity index is 2.86. The molecule has 0 spiro atoms. The Hall–Kier alpha value is -1.71. The third kappa shape index (κ3) is 0.972. The van der Waals surface area contributed by atoms with Gasteiger partial charge in [-0.25, -0.2) is 9.97 Å². The summed E-state index contributed by atoms with van der Waals surface area (Å²) in [5, 5.41) is 11.8. The lowest BCUT2D eigenvalue weighted by atomic mass is 10.2. The van der Waals surface area contributed by atoms with Crippen LogP contribution in [0.3, 0.4) is 0 Å². The number of aryl methyl sites for hydroxylation is 1. The molecule has 2 rings (SSSR count). The fourth-order valence-electron chi connectivity index (χ4n) is 1.12. The number of fused-ring (bicyclic) bond motifs is 1. The highest BCUT2D eigenvalue weighted by Crippen LogP contribution is 2.09. The second-order valence-electron chi connectivity index (χ2n) is 2.56. The summed E-state index contributed by atoms with van der Waals surface area (Å²) < 4.78 is 0.731. The molecule has 0 aliphatic rings. The molecule has 0 unspecified atom stereocenters. The van der Waals surface area contributed by atoms with Crippen LogP contribution in [0.2, 0.25) is 0 Å². The first-order valence-electron chi connectivity index (χ1n) is 3.57. The molecule has 60 valence electrons. The Morgan fingerprint density at radius 2 is 2.25 bits per heavy atom. The largest absolute Gasteiger partial charge is 0.619 e. The second kappa shape index (κ2) is 2.41. The smallest absolute Gasteiger partial charge is 0.206 e. The lowest BCUT2D eigenvalue weighted by Gasteiger charge is -1.99. The maximum atomic E-state index is 10.9. The molecule has 0 N–H and O–H groups in total. The molecule has 0 atom stereocenters. The molecular formula is C8H7N3O. The molecule has 0 amide bonds. The summed E-state index contributed by atoms with van der Waals surface area (Å²) in [7, 11) is 0. The van der Waals surface area contributed by atoms with Gasteiger partial charge in [-0.1, -0.05) is 0 Å². The predicted octanol–water partition coefficient (Wildman–Crippen LogP) is 0.572. The van der Waals surface area contributed by atoms with E-state index in [-0.39, 0.29) is 0 Å². The monoisotopic (exact) mass is 161 g/mol. The van der Waals surface area contributed by atoms with E-state index in [1.807, 2.05) is 6.92 Å². The molecule has 2 heterocycles. The molecular weight excluding hydrogens is 154 g/mol. The van der Waals surface area contributed by atoms with Gasteiger partial charge in [-0.15, -0.1) is 0 Å². The number of rotatable bonds is 0. The van der Waals surface area contributed by atoms with E-state index in [1.54, 1.807) is 6.07 Å². The maximum Gasteiger partial charge on any atom is 0.206 e. The van der Waals surface area contributed by atoms with E-state index in [1.165, 1.54) is 18.7 Å². The SMILES string of the molecule is Cc1ncnc2c[n+]([O-])ccc12. The summed E-state index contributed by atoms with van der Waals surface area (Å²) >= 11 is 0. The molecule has 0 aromatic carbocycles. The number of aromatic nitrogens is 3. The zero-order chi connectivity index (χ0) is 8.55. The van der Waals surface area contributed by atoms with Gasteiger partial charge in [-0.05, 0) is 6.92 Å². The average Bonchev–Trinajstić information content (AvgIpc) is 2.04. The lowest BCUT2D eigenvalue weighted by molar-refractivity contribution is -0.604. The molecule has 12 heavy (non-hydrogen) atoms. The van der Waals surface area contributed by atoms with E-state index < -0.39 is 0 Å². The van der Waals surface area contributed by atoms with Gasteiger partial charge in [0.25, 0.3) is 0 Å². The topological polar surface area (TPSA) is 52.7 Å². The Morgan fingerprint density at radius 1 is 1.42 bits per heavy atom. The van der Waals surface area contributed by atoms with Crippen molar-refractivity contribution in [2.24, 2.45) is 0 Å². The van der Waals surface area contributed by atoms with E-state index >= 15 is 0 Å². The molecule has 0 aliphatic carbocycles. The number of hydrogen-bond donors (Lipinski definition) is 0. The molecule has 0 bridgehead atoms. The molecule has 0 saturated heterocycles. The van der Waals surface area contributed by atoms with Crippen molar-refractivity contribution in [1.29, 1.82) is 0 Å². The highest BCUT2D eigenvalue weighted by atomic mass is 16.5. The Labute approximate surface area is 69.1 Å². The summed E-state index contributed by atoms with van der Waals surface area (Å²) in [4.78, 5) is 7.99. The third-order valence-corrected chi connectivity index (χ3v) is 1.75. The Kier molecular flexibility index (Phi) is 1.40. The van der Waals surface area contributed by atoms with Crippen LogP contribution in [-0.4, -0.2) is 9.97 Å². The second-order valence-corrected chi connectivity index (χ2v) is 2.56. The van der Waals surface area contributed by atoms with E-state index in [0.29, 0.717) is 5.52 Å². The van der Waals surface area contributed by atoms with Crippen LogP contribution in [0.5, 0.6) is 0 Å². The normalized spacial score (nSPS) is 10.4. The molecule has 4 nitrogen and oxygen atoms in total. The maximum absolute atomic E-state index is 10.9. The van der Waals surface area contributed by atoms with Crippen molar-refractivity contribution in [2.75, 3.05) is 0 Å². The quantitative estimate of drug-likeness (QED) is 0.419. The van der Waals surface area contributed by atoms with Gasteiger partial charge in [0.15, 0.2) is 6.20 Å². The minimum absolute atomic E-state index is 0.681. The van der Waals surface area contributed by atoms with E-state index in [2.05, 4.69) is 9.97 Å². The van der Waals surface area contributed by atoms with Gasteiger partial charge in [-0.3, -0.25) is 0 Å². The van der Waals surface area contributed by atoms with Gasteiger partial charge >= 0.3 is 0 Å². The zero-order valence-electron chi connectivity index (χ0n) is 6.56. The summed E-state index contributed by atoms with van der Waals surface area (Å²) in [6.45, 7) is 1.89. The van der Waals surface area contributed by atoms with Crippen LogP contribution < -0.4 is 4.73 Å². The molecule has 4 heteroatoms. The van der Waals surface area contributed by atoms with Gasteiger partial charge in [-0.2, -0.15) is 4.73 Å². The Morgan fingerprint density at radius 3 is 3.08 bits per heavy atom. The predicted molar refractivity (Wildman–Crippen MR) is 43.2 cm³/mol. The summed E-state index contributed by atoms with van der Waals surface area (Å²) in [6.07, 6.45) is 4.33. The number of pyridine rings is 1. The van der Waals surface area contributed by atoms with Crippen molar-refractivity contribution in [2.45, 2.75) is 6.92 Å². The highest BCUT2D eigenvalue weighted by Gasteiger charge is 2.01. The first kappa shape index (κ1) is 6.97. The Bertz CT molecular complexity index is 428. The van der Waals surface area contributed by atoms with Gasteiger partial charge in [0.1, 0.15) is 11.8 Å². The molecule has 0 saturated carbocycles. The van der Waals surface area contributed by atoms with Crippen LogP contribution >= 0.6 is 0 Å². The zero-order valence-corrected chi connectivity index (χ0v) is 6.56. The van der Waals surface area contributed by atoms with Crippen molar-refractivity contribution in [1.82, 2.24) is 9.97 Å². The van der Waals surface area contributed by atoms with Gasteiger partial charge in [0.2, 0.25) is 6.20 Å². The fourth-order valence-corrected chi connectivity index (χ4v) is 1.12. The van der Waals surface area contributed by atoms with Gasteiger partial charge in [0, 0.05) is 17.1 Å². The van der Waals surface area contributed by atoms with Crippen LogP contribution in [0.4, 0.5) is 0 Å². The standard InChI is InChI=1S/C8H7N3O/c1-6-7-2-3-11(12)4-8(7)10-5-9-6/h2-5H,1H3. The van der Waals surface area contributed by atoms with Crippen LogP contribution in [0.1, 0.15) is 5.69 Å². The van der Waals surface area contributed by atoms with E-state index in [4.69, 9.17) is 0 Å². The minimum atomic E-state index is 0.681. The summed E-state index contributed by atoms with van der Waals surface area (Å²) in [6, 6.07) is 1.72. The van der Waals surface area contributed by atoms with Crippen molar-refractivity contribution in [3.63, 3.8) is 0 Å². The summed E-state index contributed by atoms with van der Waals surface area (Å²) in [5.41, 5.74) is 1.57. The summed E-state index contributed by atoms with van der Waals surface area (Å²) in [5.74, 6) is 0. The van der Waals surface area contributed by atoms with Crippen LogP contribution in [-0.2, 0) is 0 Å². The third-order valence-electron chi connectivity index (χ3n) is 1.75. The molecule has 0 radical (unpaired) electrons. The van der Waals surface area contributed by atoms with Gasteiger partial charge in [0.05, 0.1) is 0 Å². The lowest BCUT2D eigenvalue weighted by Crippen LogP contribution is -2.24. The minimum Gasteiger partial charge on any atom is -0.619 e. The average molecular weight is 161 g/mol. The van der Waals surface area contributed by atoms with Gasteiger partial charge < -0.3 is 5.21 Å². The molecule has 2 aromatic heterocycles. The first-order valence-corrected chi connectivity index (χ1v) is 3.57.